The molecule has 0 saturated carbocycles. The number of carbonyl (C=O) groups is 2. The zero-order chi connectivity index (χ0) is 8.85. The van der Waals surface area contributed by atoms with Gasteiger partial charge in [-0.05, 0) is 5.70 Å². The standard InChI is InChI=1S/C6H10O4Si/c1-4-11(9-5(2)7)10-6(3)8/h4,11H,1H2,2-3H3. The van der Waals surface area contributed by atoms with Gasteiger partial charge in [-0.1, -0.05) is 0 Å². The van der Waals surface area contributed by atoms with Crippen LogP contribution in [-0.2, 0) is 18.4 Å². The molecule has 0 aromatic heterocycles. The molecule has 62 valence electrons. The van der Waals surface area contributed by atoms with Gasteiger partial charge in [0.15, 0.2) is 0 Å². The highest BCUT2D eigenvalue weighted by Gasteiger charge is 2.14. The van der Waals surface area contributed by atoms with Gasteiger partial charge in [-0.15, -0.1) is 6.58 Å². The Morgan fingerprint density at radius 2 is 1.64 bits per heavy atom. The van der Waals surface area contributed by atoms with Crippen molar-refractivity contribution in [3.05, 3.63) is 12.3 Å². The van der Waals surface area contributed by atoms with Gasteiger partial charge >= 0.3 is 9.28 Å². The van der Waals surface area contributed by atoms with Gasteiger partial charge in [0, 0.05) is 13.8 Å². The fraction of sp³-hybridized carbons (Fsp3) is 0.333. The summed E-state index contributed by atoms with van der Waals surface area (Å²) in [7, 11) is -2.26. The van der Waals surface area contributed by atoms with E-state index in [-0.39, 0.29) is 0 Å². The summed E-state index contributed by atoms with van der Waals surface area (Å²) < 4.78 is 9.30. The zero-order valence-electron chi connectivity index (χ0n) is 6.49. The van der Waals surface area contributed by atoms with Crippen molar-refractivity contribution in [3.8, 4) is 0 Å². The van der Waals surface area contributed by atoms with Crippen LogP contribution in [0.15, 0.2) is 12.3 Å². The van der Waals surface area contributed by atoms with Gasteiger partial charge in [0.25, 0.3) is 11.9 Å². The second-order valence-corrected chi connectivity index (χ2v) is 3.50. The summed E-state index contributed by atoms with van der Waals surface area (Å²) in [6.45, 7) is 5.89. The van der Waals surface area contributed by atoms with Gasteiger partial charge in [0.1, 0.15) is 0 Å². The van der Waals surface area contributed by atoms with Crippen molar-refractivity contribution in [2.75, 3.05) is 0 Å². The molecule has 5 heteroatoms. The van der Waals surface area contributed by atoms with E-state index < -0.39 is 21.2 Å². The topological polar surface area (TPSA) is 52.6 Å². The van der Waals surface area contributed by atoms with Crippen LogP contribution >= 0.6 is 0 Å². The molecule has 0 saturated heterocycles. The maximum atomic E-state index is 10.4. The first-order valence-electron chi connectivity index (χ1n) is 3.03. The fourth-order valence-electron chi connectivity index (χ4n) is 0.447. The van der Waals surface area contributed by atoms with Crippen molar-refractivity contribution in [2.24, 2.45) is 0 Å². The monoisotopic (exact) mass is 174 g/mol. The quantitative estimate of drug-likeness (QED) is 0.568. The summed E-state index contributed by atoms with van der Waals surface area (Å²) in [5.41, 5.74) is 1.36. The molecule has 0 rings (SSSR count). The first-order chi connectivity index (χ1) is 5.06. The molecule has 0 aromatic rings. The first-order valence-corrected chi connectivity index (χ1v) is 4.64. The van der Waals surface area contributed by atoms with Crippen LogP contribution in [0.5, 0.6) is 0 Å². The van der Waals surface area contributed by atoms with Gasteiger partial charge < -0.3 is 8.85 Å². The molecule has 0 unspecified atom stereocenters. The molecule has 0 aliphatic carbocycles. The number of carbonyl (C=O) groups excluding carboxylic acids is 2. The Bertz CT molecular complexity index is 161. The summed E-state index contributed by atoms with van der Waals surface area (Å²) in [5, 5.41) is 0. The average Bonchev–Trinajstić information content (AvgIpc) is 1.84. The summed E-state index contributed by atoms with van der Waals surface area (Å²) in [4.78, 5) is 20.7. The molecular formula is C6H10O4Si. The Morgan fingerprint density at radius 1 is 1.27 bits per heavy atom. The van der Waals surface area contributed by atoms with E-state index in [0.29, 0.717) is 0 Å². The molecule has 0 radical (unpaired) electrons. The lowest BCUT2D eigenvalue weighted by Gasteiger charge is -2.09. The number of hydrogen-bond acceptors (Lipinski definition) is 4. The van der Waals surface area contributed by atoms with Crippen molar-refractivity contribution in [3.63, 3.8) is 0 Å². The van der Waals surface area contributed by atoms with E-state index in [0.717, 1.165) is 0 Å². The van der Waals surface area contributed by atoms with Gasteiger partial charge in [-0.3, -0.25) is 9.59 Å². The summed E-state index contributed by atoms with van der Waals surface area (Å²) in [6, 6.07) is 0. The molecule has 0 bridgehead atoms. The number of rotatable bonds is 3. The zero-order valence-corrected chi connectivity index (χ0v) is 7.65. The second-order valence-electron chi connectivity index (χ2n) is 1.82. The fourth-order valence-corrected chi connectivity index (χ4v) is 1.34. The molecule has 0 spiro atoms. The minimum atomic E-state index is -2.26. The van der Waals surface area contributed by atoms with E-state index in [4.69, 9.17) is 0 Å². The molecule has 0 fully saturated rings. The lowest BCUT2D eigenvalue weighted by Crippen LogP contribution is -2.25. The molecule has 0 N–H and O–H groups in total. The first kappa shape index (κ1) is 9.90. The van der Waals surface area contributed by atoms with Gasteiger partial charge in [-0.25, -0.2) is 0 Å². The molecule has 0 heterocycles. The van der Waals surface area contributed by atoms with Crippen molar-refractivity contribution < 1.29 is 18.4 Å². The van der Waals surface area contributed by atoms with E-state index >= 15 is 0 Å². The highest BCUT2D eigenvalue weighted by atomic mass is 28.3. The van der Waals surface area contributed by atoms with E-state index in [1.165, 1.54) is 19.5 Å². The lowest BCUT2D eigenvalue weighted by atomic mass is 10.9. The van der Waals surface area contributed by atoms with E-state index in [1.807, 2.05) is 0 Å². The molecule has 4 nitrogen and oxygen atoms in total. The maximum Gasteiger partial charge on any atom is 0.475 e. The smallest absolute Gasteiger partial charge is 0.475 e. The van der Waals surface area contributed by atoms with Crippen LogP contribution in [0, 0.1) is 0 Å². The van der Waals surface area contributed by atoms with Gasteiger partial charge in [0.2, 0.25) is 0 Å². The van der Waals surface area contributed by atoms with Crippen molar-refractivity contribution in [1.29, 1.82) is 0 Å². The molecular weight excluding hydrogens is 164 g/mol. The Balaban J connectivity index is 3.85. The Morgan fingerprint density at radius 3 is 1.82 bits per heavy atom. The normalized spacial score (nSPS) is 9.00. The van der Waals surface area contributed by atoms with Crippen molar-refractivity contribution in [2.45, 2.75) is 13.8 Å². The molecule has 0 amide bonds. The lowest BCUT2D eigenvalue weighted by molar-refractivity contribution is -0.137. The highest BCUT2D eigenvalue weighted by molar-refractivity contribution is 6.54. The van der Waals surface area contributed by atoms with E-state index in [9.17, 15) is 9.59 Å². The molecule has 0 aliphatic heterocycles. The highest BCUT2D eigenvalue weighted by Crippen LogP contribution is 1.91. The van der Waals surface area contributed by atoms with Gasteiger partial charge in [-0.2, -0.15) is 0 Å². The van der Waals surface area contributed by atoms with Crippen LogP contribution in [0.2, 0.25) is 0 Å². The molecule has 0 aliphatic rings. The third kappa shape index (κ3) is 5.35. The van der Waals surface area contributed by atoms with Crippen molar-refractivity contribution >= 4 is 21.2 Å². The Hall–Kier alpha value is -1.10. The number of hydrogen-bond donors (Lipinski definition) is 0. The largest absolute Gasteiger partial charge is 0.484 e. The van der Waals surface area contributed by atoms with Crippen LogP contribution in [0.3, 0.4) is 0 Å². The molecule has 0 aromatic carbocycles. The molecule has 0 atom stereocenters. The van der Waals surface area contributed by atoms with Gasteiger partial charge in [0.05, 0.1) is 0 Å². The van der Waals surface area contributed by atoms with Crippen LogP contribution < -0.4 is 0 Å². The average molecular weight is 174 g/mol. The van der Waals surface area contributed by atoms with E-state index in [1.54, 1.807) is 0 Å². The second kappa shape index (κ2) is 4.67. The predicted molar refractivity (Wildman–Crippen MR) is 40.9 cm³/mol. The SMILES string of the molecule is C=C[SiH](OC(C)=O)OC(C)=O. The van der Waals surface area contributed by atoms with Crippen LogP contribution in [0.4, 0.5) is 0 Å². The minimum Gasteiger partial charge on any atom is -0.484 e. The Kier molecular flexibility index (Phi) is 4.20. The predicted octanol–water partition coefficient (Wildman–Crippen LogP) is 0.0583. The summed E-state index contributed by atoms with van der Waals surface area (Å²) in [5.74, 6) is -0.911. The maximum absolute atomic E-state index is 10.4. The summed E-state index contributed by atoms with van der Waals surface area (Å²) >= 11 is 0. The van der Waals surface area contributed by atoms with Crippen LogP contribution in [-0.4, -0.2) is 21.2 Å². The molecule has 11 heavy (non-hydrogen) atoms. The van der Waals surface area contributed by atoms with Crippen LogP contribution in [0.25, 0.3) is 0 Å². The van der Waals surface area contributed by atoms with E-state index in [2.05, 4.69) is 15.4 Å². The Labute approximate surface area is 66.6 Å². The third-order valence-electron chi connectivity index (χ3n) is 0.757. The minimum absolute atomic E-state index is 0.456. The van der Waals surface area contributed by atoms with Crippen molar-refractivity contribution in [1.82, 2.24) is 0 Å². The summed E-state index contributed by atoms with van der Waals surface area (Å²) in [6.07, 6.45) is 0. The third-order valence-corrected chi connectivity index (χ3v) is 2.27. The van der Waals surface area contributed by atoms with Crippen LogP contribution in [0.1, 0.15) is 13.8 Å².